The van der Waals surface area contributed by atoms with Crippen molar-refractivity contribution in [1.82, 2.24) is 9.78 Å². The summed E-state index contributed by atoms with van der Waals surface area (Å²) in [5.74, 6) is 0.195. The van der Waals surface area contributed by atoms with Gasteiger partial charge in [0.25, 0.3) is 0 Å². The van der Waals surface area contributed by atoms with Crippen LogP contribution in [-0.2, 0) is 0 Å². The molecule has 0 amide bonds. The molecule has 0 radical (unpaired) electrons. The molecule has 1 N–H and O–H groups in total. The third-order valence-electron chi connectivity index (χ3n) is 4.51. The van der Waals surface area contributed by atoms with Gasteiger partial charge in [0, 0.05) is 11.1 Å². The monoisotopic (exact) mass is 340 g/mol. The fourth-order valence-electron chi connectivity index (χ4n) is 3.04. The van der Waals surface area contributed by atoms with Crippen molar-refractivity contribution in [3.05, 3.63) is 90.0 Å². The lowest BCUT2D eigenvalue weighted by molar-refractivity contribution is 0.479. The van der Waals surface area contributed by atoms with Crippen LogP contribution in [-0.4, -0.2) is 14.9 Å². The lowest BCUT2D eigenvalue weighted by Gasteiger charge is -2.08. The number of aryl methyl sites for hydroxylation is 2. The van der Waals surface area contributed by atoms with Gasteiger partial charge in [-0.3, -0.25) is 0 Å². The molecule has 0 saturated carbocycles. The predicted octanol–water partition coefficient (Wildman–Crippen LogP) is 5.53. The first-order valence-electron chi connectivity index (χ1n) is 8.65. The standard InChI is InChI=1S/C23H20N2O/c1-16-8-12-18(13-9-16)21-23(26)22(19-6-4-3-5-7-19)25(24-21)20-14-10-17(2)11-15-20/h3-15,26H,1-2H3. The lowest BCUT2D eigenvalue weighted by Crippen LogP contribution is -1.99. The van der Waals surface area contributed by atoms with Crippen molar-refractivity contribution in [3.63, 3.8) is 0 Å². The molecule has 0 aliphatic heterocycles. The smallest absolute Gasteiger partial charge is 0.170 e. The van der Waals surface area contributed by atoms with Gasteiger partial charge in [0.2, 0.25) is 0 Å². The van der Waals surface area contributed by atoms with E-state index in [0.717, 1.165) is 16.8 Å². The summed E-state index contributed by atoms with van der Waals surface area (Å²) in [6.45, 7) is 4.10. The van der Waals surface area contributed by atoms with Gasteiger partial charge < -0.3 is 5.11 Å². The number of aromatic nitrogens is 2. The van der Waals surface area contributed by atoms with Crippen molar-refractivity contribution in [2.45, 2.75) is 13.8 Å². The van der Waals surface area contributed by atoms with Crippen LogP contribution >= 0.6 is 0 Å². The molecule has 0 aliphatic rings. The average Bonchev–Trinajstić information content (AvgIpc) is 3.01. The first kappa shape index (κ1) is 16.2. The molecule has 0 aliphatic carbocycles. The predicted molar refractivity (Wildman–Crippen MR) is 106 cm³/mol. The van der Waals surface area contributed by atoms with Gasteiger partial charge in [-0.25, -0.2) is 4.68 Å². The highest BCUT2D eigenvalue weighted by atomic mass is 16.3. The second-order valence-electron chi connectivity index (χ2n) is 6.53. The highest BCUT2D eigenvalue weighted by molar-refractivity contribution is 5.79. The molecule has 3 heteroatoms. The lowest BCUT2D eigenvalue weighted by atomic mass is 10.1. The summed E-state index contributed by atoms with van der Waals surface area (Å²) < 4.78 is 1.82. The third-order valence-corrected chi connectivity index (χ3v) is 4.51. The molecule has 4 aromatic rings. The topological polar surface area (TPSA) is 38.0 Å². The van der Waals surface area contributed by atoms with Crippen molar-refractivity contribution >= 4 is 0 Å². The van der Waals surface area contributed by atoms with Crippen molar-refractivity contribution in [3.8, 4) is 34.0 Å². The fraction of sp³-hybridized carbons (Fsp3) is 0.0870. The molecule has 1 heterocycles. The Morgan fingerprint density at radius 2 is 1.27 bits per heavy atom. The molecule has 0 fully saturated rings. The fourth-order valence-corrected chi connectivity index (χ4v) is 3.04. The molecule has 26 heavy (non-hydrogen) atoms. The van der Waals surface area contributed by atoms with Crippen molar-refractivity contribution < 1.29 is 5.11 Å². The number of nitrogens with zero attached hydrogens (tertiary/aromatic N) is 2. The molecule has 0 spiro atoms. The summed E-state index contributed by atoms with van der Waals surface area (Å²) in [7, 11) is 0. The van der Waals surface area contributed by atoms with Crippen LogP contribution in [0.5, 0.6) is 5.75 Å². The minimum absolute atomic E-state index is 0.195. The van der Waals surface area contributed by atoms with Gasteiger partial charge in [-0.05, 0) is 26.0 Å². The van der Waals surface area contributed by atoms with Gasteiger partial charge in [-0.2, -0.15) is 5.10 Å². The quantitative estimate of drug-likeness (QED) is 0.532. The van der Waals surface area contributed by atoms with Crippen LogP contribution in [0.4, 0.5) is 0 Å². The van der Waals surface area contributed by atoms with Crippen LogP contribution in [0.15, 0.2) is 78.9 Å². The molecular weight excluding hydrogens is 320 g/mol. The zero-order valence-electron chi connectivity index (χ0n) is 14.8. The van der Waals surface area contributed by atoms with Gasteiger partial charge in [0.15, 0.2) is 5.75 Å². The van der Waals surface area contributed by atoms with Crippen LogP contribution in [0.2, 0.25) is 0 Å². The van der Waals surface area contributed by atoms with Crippen LogP contribution < -0.4 is 0 Å². The SMILES string of the molecule is Cc1ccc(-c2nn(-c3ccc(C)cc3)c(-c3ccccc3)c2O)cc1. The van der Waals surface area contributed by atoms with E-state index >= 15 is 0 Å². The van der Waals surface area contributed by atoms with Gasteiger partial charge in [-0.15, -0.1) is 0 Å². The number of benzene rings is 3. The van der Waals surface area contributed by atoms with Crippen LogP contribution in [0.3, 0.4) is 0 Å². The van der Waals surface area contributed by atoms with E-state index in [1.54, 1.807) is 0 Å². The third kappa shape index (κ3) is 2.88. The summed E-state index contributed by atoms with van der Waals surface area (Å²) in [4.78, 5) is 0. The Kier molecular flexibility index (Phi) is 4.05. The number of rotatable bonds is 3. The second kappa shape index (κ2) is 6.52. The Hall–Kier alpha value is -3.33. The zero-order valence-corrected chi connectivity index (χ0v) is 14.8. The Labute approximate surface area is 153 Å². The largest absolute Gasteiger partial charge is 0.504 e. The van der Waals surface area contributed by atoms with E-state index < -0.39 is 0 Å². The van der Waals surface area contributed by atoms with E-state index in [9.17, 15) is 5.11 Å². The van der Waals surface area contributed by atoms with E-state index in [1.807, 2.05) is 90.5 Å². The summed E-state index contributed by atoms with van der Waals surface area (Å²) in [6.07, 6.45) is 0. The highest BCUT2D eigenvalue weighted by Gasteiger charge is 2.20. The van der Waals surface area contributed by atoms with Gasteiger partial charge in [0.05, 0.1) is 5.69 Å². The summed E-state index contributed by atoms with van der Waals surface area (Å²) in [5, 5.41) is 15.8. The molecule has 3 nitrogen and oxygen atoms in total. The van der Waals surface area contributed by atoms with Crippen LogP contribution in [0.25, 0.3) is 28.2 Å². The molecular formula is C23H20N2O. The minimum atomic E-state index is 0.195. The molecule has 4 rings (SSSR count). The number of hydrogen-bond acceptors (Lipinski definition) is 2. The zero-order chi connectivity index (χ0) is 18.1. The molecule has 0 saturated heterocycles. The minimum Gasteiger partial charge on any atom is -0.504 e. The summed E-state index contributed by atoms with van der Waals surface area (Å²) in [6, 6.07) is 26.1. The van der Waals surface area contributed by atoms with E-state index in [-0.39, 0.29) is 5.75 Å². The normalized spacial score (nSPS) is 10.8. The molecule has 0 bridgehead atoms. The molecule has 3 aromatic carbocycles. The van der Waals surface area contributed by atoms with Crippen molar-refractivity contribution in [2.24, 2.45) is 0 Å². The Morgan fingerprint density at radius 3 is 1.88 bits per heavy atom. The first-order chi connectivity index (χ1) is 12.6. The van der Waals surface area contributed by atoms with Gasteiger partial charge in [-0.1, -0.05) is 77.9 Å². The number of hydrogen-bond donors (Lipinski definition) is 1. The van der Waals surface area contributed by atoms with Crippen LogP contribution in [0, 0.1) is 13.8 Å². The van der Waals surface area contributed by atoms with Crippen molar-refractivity contribution in [1.29, 1.82) is 0 Å². The summed E-state index contributed by atoms with van der Waals surface area (Å²) in [5.41, 5.74) is 6.39. The average molecular weight is 340 g/mol. The van der Waals surface area contributed by atoms with Crippen molar-refractivity contribution in [2.75, 3.05) is 0 Å². The van der Waals surface area contributed by atoms with E-state index in [4.69, 9.17) is 5.10 Å². The Morgan fingerprint density at radius 1 is 0.692 bits per heavy atom. The van der Waals surface area contributed by atoms with E-state index in [1.165, 1.54) is 11.1 Å². The maximum atomic E-state index is 11.0. The van der Waals surface area contributed by atoms with E-state index in [0.29, 0.717) is 11.4 Å². The Balaban J connectivity index is 1.96. The van der Waals surface area contributed by atoms with Gasteiger partial charge >= 0.3 is 0 Å². The van der Waals surface area contributed by atoms with E-state index in [2.05, 4.69) is 6.92 Å². The molecule has 0 unspecified atom stereocenters. The Bertz CT molecular complexity index is 1030. The first-order valence-corrected chi connectivity index (χ1v) is 8.65. The molecule has 1 aromatic heterocycles. The van der Waals surface area contributed by atoms with Gasteiger partial charge in [0.1, 0.15) is 11.4 Å². The molecule has 0 atom stereocenters. The number of aromatic hydroxyl groups is 1. The highest BCUT2D eigenvalue weighted by Crippen LogP contribution is 2.39. The maximum Gasteiger partial charge on any atom is 0.170 e. The van der Waals surface area contributed by atoms with Crippen LogP contribution in [0.1, 0.15) is 11.1 Å². The second-order valence-corrected chi connectivity index (χ2v) is 6.53. The molecule has 128 valence electrons. The summed E-state index contributed by atoms with van der Waals surface area (Å²) >= 11 is 0. The maximum absolute atomic E-state index is 11.0.